The van der Waals surface area contributed by atoms with Gasteiger partial charge >= 0.3 is 5.97 Å². The molecule has 0 heterocycles. The molecule has 2 aliphatic rings. The van der Waals surface area contributed by atoms with E-state index in [0.29, 0.717) is 17.9 Å². The molecule has 2 N–H and O–H groups in total. The van der Waals surface area contributed by atoms with Gasteiger partial charge in [0.25, 0.3) is 0 Å². The maximum absolute atomic E-state index is 13.2. The number of carboxylic acid groups (broad SMARTS) is 1. The van der Waals surface area contributed by atoms with Crippen molar-refractivity contribution in [2.45, 2.75) is 44.9 Å². The van der Waals surface area contributed by atoms with Gasteiger partial charge in [0.2, 0.25) is 10.0 Å². The van der Waals surface area contributed by atoms with Crippen LogP contribution in [0.15, 0.2) is 47.7 Å². The number of carbonyl (C=O) groups is 1. The van der Waals surface area contributed by atoms with Gasteiger partial charge in [-0.15, -0.1) is 0 Å². The molecular formula is C21H26FNO4S. The number of fused-ring (bicyclic) bond motifs is 2. The molecule has 0 radical (unpaired) electrons. The number of halogens is 1. The Bertz CT molecular complexity index is 891. The predicted octanol–water partition coefficient (Wildman–Crippen LogP) is 3.78. The first-order chi connectivity index (χ1) is 13.3. The van der Waals surface area contributed by atoms with Gasteiger partial charge in [0.15, 0.2) is 0 Å². The van der Waals surface area contributed by atoms with Gasteiger partial charge in [-0.25, -0.2) is 12.8 Å². The molecule has 0 amide bonds. The highest BCUT2D eigenvalue weighted by Gasteiger charge is 2.37. The third-order valence-electron chi connectivity index (χ3n) is 5.38. The number of carboxylic acids is 1. The molecule has 0 spiro atoms. The van der Waals surface area contributed by atoms with E-state index in [1.54, 1.807) is 12.1 Å². The molecule has 1 saturated carbocycles. The fourth-order valence-electron chi connectivity index (χ4n) is 4.09. The van der Waals surface area contributed by atoms with Crippen LogP contribution in [0.5, 0.6) is 0 Å². The van der Waals surface area contributed by atoms with Crippen molar-refractivity contribution >= 4 is 16.0 Å². The molecule has 7 heteroatoms. The summed E-state index contributed by atoms with van der Waals surface area (Å²) in [6.07, 6.45) is 8.58. The van der Waals surface area contributed by atoms with Crippen LogP contribution in [0, 0.1) is 17.7 Å². The van der Waals surface area contributed by atoms with E-state index in [4.69, 9.17) is 5.11 Å². The summed E-state index contributed by atoms with van der Waals surface area (Å²) in [4.78, 5) is 10.5. The minimum absolute atomic E-state index is 0.0758. The van der Waals surface area contributed by atoms with Crippen molar-refractivity contribution in [3.63, 3.8) is 0 Å². The predicted molar refractivity (Wildman–Crippen MR) is 106 cm³/mol. The molecule has 0 aromatic heterocycles. The monoisotopic (exact) mass is 407 g/mol. The van der Waals surface area contributed by atoms with E-state index in [1.165, 1.54) is 12.1 Å². The lowest BCUT2D eigenvalue weighted by Gasteiger charge is -2.19. The highest BCUT2D eigenvalue weighted by Crippen LogP contribution is 2.47. The summed E-state index contributed by atoms with van der Waals surface area (Å²) in [7, 11) is -3.48. The third kappa shape index (κ3) is 5.67. The van der Waals surface area contributed by atoms with Crippen molar-refractivity contribution in [1.82, 2.24) is 4.72 Å². The first kappa shape index (κ1) is 20.6. The lowest BCUT2D eigenvalue weighted by atomic mass is 9.93. The first-order valence-electron chi connectivity index (χ1n) is 9.68. The molecule has 2 aliphatic carbocycles. The van der Waals surface area contributed by atoms with Gasteiger partial charge < -0.3 is 5.11 Å². The highest BCUT2D eigenvalue weighted by molar-refractivity contribution is 7.89. The second-order valence-electron chi connectivity index (χ2n) is 7.64. The second kappa shape index (κ2) is 8.90. The van der Waals surface area contributed by atoms with Crippen LogP contribution in [-0.4, -0.2) is 25.2 Å². The summed E-state index contributed by atoms with van der Waals surface area (Å²) in [6.45, 7) is 0. The number of rotatable bonds is 10. The summed E-state index contributed by atoms with van der Waals surface area (Å²) in [5.41, 5.74) is 2.64. The van der Waals surface area contributed by atoms with Crippen molar-refractivity contribution in [2.75, 3.05) is 5.75 Å². The van der Waals surface area contributed by atoms with Crippen LogP contribution >= 0.6 is 0 Å². The molecule has 2 bridgehead atoms. The van der Waals surface area contributed by atoms with E-state index in [1.807, 2.05) is 6.08 Å². The van der Waals surface area contributed by atoms with Gasteiger partial charge in [-0.1, -0.05) is 24.3 Å². The zero-order valence-electron chi connectivity index (χ0n) is 15.7. The Hall–Kier alpha value is -2.15. The summed E-state index contributed by atoms with van der Waals surface area (Å²) < 4.78 is 41.0. The summed E-state index contributed by atoms with van der Waals surface area (Å²) >= 11 is 0. The fraction of sp³-hybridized carbons (Fsp3) is 0.476. The van der Waals surface area contributed by atoms with E-state index in [-0.39, 0.29) is 30.3 Å². The SMILES string of the molecule is O=C(O)CCCC=CC1CC2CC(NS(=O)(=O)CCc3cccc(F)c3)=C1C2. The Balaban J connectivity index is 1.56. The van der Waals surface area contributed by atoms with Crippen molar-refractivity contribution < 1.29 is 22.7 Å². The minimum atomic E-state index is -3.48. The van der Waals surface area contributed by atoms with E-state index >= 15 is 0 Å². The van der Waals surface area contributed by atoms with Crippen LogP contribution in [0.2, 0.25) is 0 Å². The summed E-state index contributed by atoms with van der Waals surface area (Å²) in [6, 6.07) is 6.01. The number of aryl methyl sites for hydroxylation is 1. The zero-order chi connectivity index (χ0) is 20.1. The standard InChI is InChI=1S/C21H26FNO4S/c22-18-7-4-5-15(12-18)9-10-28(26,27)23-20-14-16-11-17(19(20)13-16)6-2-1-3-8-21(24)25/h2,4-7,12,16-17,23H,1,3,8-11,13-14H2,(H,24,25). The number of benzene rings is 1. The molecule has 0 aliphatic heterocycles. The van der Waals surface area contributed by atoms with Crippen LogP contribution in [0.1, 0.15) is 44.1 Å². The molecule has 1 fully saturated rings. The van der Waals surface area contributed by atoms with Crippen LogP contribution in [0.25, 0.3) is 0 Å². The lowest BCUT2D eigenvalue weighted by molar-refractivity contribution is -0.137. The zero-order valence-corrected chi connectivity index (χ0v) is 16.6. The molecule has 1 aromatic rings. The Morgan fingerprint density at radius 3 is 2.86 bits per heavy atom. The number of aliphatic carboxylic acids is 1. The highest BCUT2D eigenvalue weighted by atomic mass is 32.2. The van der Waals surface area contributed by atoms with Gasteiger partial charge in [-0.05, 0) is 67.7 Å². The number of nitrogens with one attached hydrogen (secondary N) is 1. The molecule has 2 unspecified atom stereocenters. The van der Waals surface area contributed by atoms with Crippen LogP contribution in [0.4, 0.5) is 4.39 Å². The summed E-state index contributed by atoms with van der Waals surface area (Å²) in [5.74, 6) is -0.507. The molecule has 28 heavy (non-hydrogen) atoms. The number of hydrogen-bond acceptors (Lipinski definition) is 3. The minimum Gasteiger partial charge on any atom is -0.481 e. The van der Waals surface area contributed by atoms with E-state index < -0.39 is 16.0 Å². The van der Waals surface area contributed by atoms with Crippen LogP contribution in [0.3, 0.4) is 0 Å². The molecule has 0 saturated heterocycles. The van der Waals surface area contributed by atoms with Crippen LogP contribution < -0.4 is 4.72 Å². The topological polar surface area (TPSA) is 83.5 Å². The number of unbranched alkanes of at least 4 members (excludes halogenated alkanes) is 1. The van der Waals surface area contributed by atoms with E-state index in [9.17, 15) is 17.6 Å². The largest absolute Gasteiger partial charge is 0.481 e. The first-order valence-corrected chi connectivity index (χ1v) is 11.3. The van der Waals surface area contributed by atoms with Gasteiger partial charge in [0.05, 0.1) is 5.75 Å². The Morgan fingerprint density at radius 2 is 2.14 bits per heavy atom. The smallest absolute Gasteiger partial charge is 0.303 e. The number of allylic oxidation sites excluding steroid dienone is 4. The van der Waals surface area contributed by atoms with Gasteiger partial charge in [0.1, 0.15) is 5.82 Å². The fourth-order valence-corrected chi connectivity index (χ4v) is 5.28. The van der Waals surface area contributed by atoms with Crippen molar-refractivity contribution in [2.24, 2.45) is 11.8 Å². The average molecular weight is 408 g/mol. The van der Waals surface area contributed by atoms with Crippen molar-refractivity contribution in [3.05, 3.63) is 59.1 Å². The molecule has 2 atom stereocenters. The van der Waals surface area contributed by atoms with Gasteiger partial charge in [-0.3, -0.25) is 9.52 Å². The van der Waals surface area contributed by atoms with Gasteiger partial charge in [-0.2, -0.15) is 0 Å². The molecule has 3 rings (SSSR count). The van der Waals surface area contributed by atoms with Crippen LogP contribution in [-0.2, 0) is 21.2 Å². The molecule has 1 aromatic carbocycles. The normalized spacial score (nSPS) is 21.6. The second-order valence-corrected chi connectivity index (χ2v) is 9.48. The third-order valence-corrected chi connectivity index (χ3v) is 6.68. The van der Waals surface area contributed by atoms with Crippen molar-refractivity contribution in [1.29, 1.82) is 0 Å². The quantitative estimate of drug-likeness (QED) is 0.457. The van der Waals surface area contributed by atoms with E-state index in [0.717, 1.165) is 37.0 Å². The number of hydrogen-bond donors (Lipinski definition) is 2. The molecular weight excluding hydrogens is 381 g/mol. The Labute approximate surface area is 165 Å². The summed E-state index contributed by atoms with van der Waals surface area (Å²) in [5, 5.41) is 8.67. The van der Waals surface area contributed by atoms with E-state index in [2.05, 4.69) is 10.8 Å². The van der Waals surface area contributed by atoms with Crippen molar-refractivity contribution in [3.8, 4) is 0 Å². The maximum atomic E-state index is 13.2. The maximum Gasteiger partial charge on any atom is 0.303 e. The lowest BCUT2D eigenvalue weighted by Crippen LogP contribution is -2.28. The van der Waals surface area contributed by atoms with Gasteiger partial charge in [0, 0.05) is 18.0 Å². The Morgan fingerprint density at radius 1 is 1.32 bits per heavy atom. The number of sulfonamides is 1. The molecule has 5 nitrogen and oxygen atoms in total. The molecule has 152 valence electrons. The average Bonchev–Trinajstić information content (AvgIpc) is 3.19. The Kier molecular flexibility index (Phi) is 6.54.